The molecule has 110 valence electrons. The van der Waals surface area contributed by atoms with E-state index < -0.39 is 0 Å². The van der Waals surface area contributed by atoms with E-state index in [1.54, 1.807) is 12.3 Å². The largest absolute Gasteiger partial charge is 0.399 e. The molecule has 1 aromatic heterocycles. The van der Waals surface area contributed by atoms with Crippen molar-refractivity contribution in [3.05, 3.63) is 59.4 Å². The zero-order valence-corrected chi connectivity index (χ0v) is 12.7. The highest BCUT2D eigenvalue weighted by Crippen LogP contribution is 2.16. The van der Waals surface area contributed by atoms with Crippen molar-refractivity contribution in [2.45, 2.75) is 33.4 Å². The average Bonchev–Trinajstić information content (AvgIpc) is 2.46. The van der Waals surface area contributed by atoms with Crippen LogP contribution in [0.15, 0.2) is 42.6 Å². The van der Waals surface area contributed by atoms with Gasteiger partial charge in [0, 0.05) is 30.2 Å². The van der Waals surface area contributed by atoms with E-state index in [0.717, 1.165) is 16.9 Å². The Hall–Kier alpha value is -2.36. The number of hydrogen-bond donors (Lipinski definition) is 1. The number of nitrogens with two attached hydrogens (primary N) is 1. The number of benzene rings is 1. The number of pyridine rings is 1. The van der Waals surface area contributed by atoms with Crippen molar-refractivity contribution in [2.75, 3.05) is 5.73 Å². The van der Waals surface area contributed by atoms with Gasteiger partial charge in [-0.15, -0.1) is 0 Å². The van der Waals surface area contributed by atoms with Crippen LogP contribution in [0, 0.1) is 6.92 Å². The standard InChI is InChI=1S/C17H21N3O/c1-12(2)20(11-14-6-8-15(18)9-7-14)17(21)16-5-4-10-19-13(16)3/h4-10,12H,11,18H2,1-3H3. The normalized spacial score (nSPS) is 10.7. The first-order chi connectivity index (χ1) is 9.99. The molecule has 4 heteroatoms. The molecule has 0 aliphatic carbocycles. The Morgan fingerprint density at radius 1 is 1.24 bits per heavy atom. The van der Waals surface area contributed by atoms with E-state index in [-0.39, 0.29) is 11.9 Å². The summed E-state index contributed by atoms with van der Waals surface area (Å²) in [6.45, 7) is 6.45. The summed E-state index contributed by atoms with van der Waals surface area (Å²) >= 11 is 0. The number of nitrogen functional groups attached to an aromatic ring is 1. The minimum Gasteiger partial charge on any atom is -0.399 e. The highest BCUT2D eigenvalue weighted by atomic mass is 16.2. The van der Waals surface area contributed by atoms with Crippen LogP contribution in [0.2, 0.25) is 0 Å². The summed E-state index contributed by atoms with van der Waals surface area (Å²) in [4.78, 5) is 18.8. The quantitative estimate of drug-likeness (QED) is 0.877. The van der Waals surface area contributed by atoms with Crippen LogP contribution in [0.25, 0.3) is 0 Å². The van der Waals surface area contributed by atoms with Crippen molar-refractivity contribution in [3.63, 3.8) is 0 Å². The summed E-state index contributed by atoms with van der Waals surface area (Å²) in [5.41, 5.74) is 8.90. The number of anilines is 1. The van der Waals surface area contributed by atoms with Crippen LogP contribution in [-0.2, 0) is 6.54 Å². The Labute approximate surface area is 125 Å². The lowest BCUT2D eigenvalue weighted by Crippen LogP contribution is -2.36. The van der Waals surface area contributed by atoms with Gasteiger partial charge in [-0.3, -0.25) is 9.78 Å². The molecule has 4 nitrogen and oxygen atoms in total. The van der Waals surface area contributed by atoms with E-state index in [0.29, 0.717) is 12.1 Å². The van der Waals surface area contributed by atoms with E-state index in [9.17, 15) is 4.79 Å². The highest BCUT2D eigenvalue weighted by Gasteiger charge is 2.20. The van der Waals surface area contributed by atoms with E-state index in [2.05, 4.69) is 4.98 Å². The summed E-state index contributed by atoms with van der Waals surface area (Å²) in [6, 6.07) is 11.3. The Kier molecular flexibility index (Phi) is 4.58. The smallest absolute Gasteiger partial charge is 0.256 e. The van der Waals surface area contributed by atoms with Crippen molar-refractivity contribution in [1.29, 1.82) is 0 Å². The summed E-state index contributed by atoms with van der Waals surface area (Å²) in [7, 11) is 0. The van der Waals surface area contributed by atoms with Crippen LogP contribution in [0.5, 0.6) is 0 Å². The molecule has 0 bridgehead atoms. The fraction of sp³-hybridized carbons (Fsp3) is 0.294. The first kappa shape index (κ1) is 15.0. The predicted molar refractivity (Wildman–Crippen MR) is 84.8 cm³/mol. The third-order valence-corrected chi connectivity index (χ3v) is 3.45. The minimum absolute atomic E-state index is 0.00688. The van der Waals surface area contributed by atoms with Gasteiger partial charge >= 0.3 is 0 Å². The lowest BCUT2D eigenvalue weighted by Gasteiger charge is -2.27. The maximum Gasteiger partial charge on any atom is 0.256 e. The lowest BCUT2D eigenvalue weighted by atomic mass is 10.1. The molecule has 0 unspecified atom stereocenters. The Morgan fingerprint density at radius 2 is 1.90 bits per heavy atom. The van der Waals surface area contributed by atoms with Crippen molar-refractivity contribution < 1.29 is 4.79 Å². The molecule has 0 spiro atoms. The molecular formula is C17H21N3O. The van der Waals surface area contributed by atoms with Gasteiger partial charge in [0.05, 0.1) is 5.56 Å². The van der Waals surface area contributed by atoms with Crippen molar-refractivity contribution in [2.24, 2.45) is 0 Å². The second-order valence-electron chi connectivity index (χ2n) is 5.40. The fourth-order valence-electron chi connectivity index (χ4n) is 2.17. The van der Waals surface area contributed by atoms with Gasteiger partial charge in [-0.1, -0.05) is 12.1 Å². The molecule has 0 atom stereocenters. The third-order valence-electron chi connectivity index (χ3n) is 3.45. The molecule has 21 heavy (non-hydrogen) atoms. The summed E-state index contributed by atoms with van der Waals surface area (Å²) < 4.78 is 0. The van der Waals surface area contributed by atoms with E-state index in [1.165, 1.54) is 0 Å². The lowest BCUT2D eigenvalue weighted by molar-refractivity contribution is 0.0689. The number of rotatable bonds is 4. The monoisotopic (exact) mass is 283 g/mol. The molecule has 2 aromatic rings. The van der Waals surface area contributed by atoms with Gasteiger partial charge < -0.3 is 10.6 Å². The van der Waals surface area contributed by atoms with Crippen LogP contribution in [-0.4, -0.2) is 21.8 Å². The Bertz CT molecular complexity index is 620. The van der Waals surface area contributed by atoms with Gasteiger partial charge in [0.15, 0.2) is 0 Å². The maximum absolute atomic E-state index is 12.7. The van der Waals surface area contributed by atoms with E-state index in [4.69, 9.17) is 5.73 Å². The number of carbonyl (C=O) groups is 1. The van der Waals surface area contributed by atoms with Gasteiger partial charge in [0.2, 0.25) is 0 Å². The Morgan fingerprint density at radius 3 is 2.48 bits per heavy atom. The molecule has 0 fully saturated rings. The Balaban J connectivity index is 2.25. The van der Waals surface area contributed by atoms with Gasteiger partial charge in [-0.05, 0) is 50.6 Å². The van der Waals surface area contributed by atoms with E-state index >= 15 is 0 Å². The SMILES string of the molecule is Cc1ncccc1C(=O)N(Cc1ccc(N)cc1)C(C)C. The van der Waals surface area contributed by atoms with Crippen molar-refractivity contribution in [1.82, 2.24) is 9.88 Å². The molecule has 0 aliphatic heterocycles. The molecule has 2 N–H and O–H groups in total. The number of carbonyl (C=O) groups excluding carboxylic acids is 1. The van der Waals surface area contributed by atoms with Gasteiger partial charge in [0.1, 0.15) is 0 Å². The van der Waals surface area contributed by atoms with E-state index in [1.807, 2.05) is 56.0 Å². The van der Waals surface area contributed by atoms with Crippen LogP contribution >= 0.6 is 0 Å². The molecular weight excluding hydrogens is 262 g/mol. The number of aromatic nitrogens is 1. The van der Waals surface area contributed by atoms with Crippen molar-refractivity contribution in [3.8, 4) is 0 Å². The van der Waals surface area contributed by atoms with Crippen LogP contribution in [0.3, 0.4) is 0 Å². The third kappa shape index (κ3) is 3.60. The van der Waals surface area contributed by atoms with Gasteiger partial charge in [0.25, 0.3) is 5.91 Å². The molecule has 1 aromatic carbocycles. The summed E-state index contributed by atoms with van der Waals surface area (Å²) in [5, 5.41) is 0. The predicted octanol–water partition coefficient (Wildman–Crippen LogP) is 3.02. The van der Waals surface area contributed by atoms with Crippen molar-refractivity contribution >= 4 is 11.6 Å². The zero-order chi connectivity index (χ0) is 15.4. The van der Waals surface area contributed by atoms with Crippen LogP contribution in [0.4, 0.5) is 5.69 Å². The molecule has 0 saturated carbocycles. The highest BCUT2D eigenvalue weighted by molar-refractivity contribution is 5.95. The number of nitrogens with zero attached hydrogens (tertiary/aromatic N) is 2. The number of amides is 1. The van der Waals surface area contributed by atoms with Gasteiger partial charge in [-0.2, -0.15) is 0 Å². The summed E-state index contributed by atoms with van der Waals surface area (Å²) in [6.07, 6.45) is 1.70. The molecule has 0 radical (unpaired) electrons. The summed E-state index contributed by atoms with van der Waals surface area (Å²) in [5.74, 6) is 0.00688. The molecule has 1 heterocycles. The van der Waals surface area contributed by atoms with Crippen LogP contribution in [0.1, 0.15) is 35.5 Å². The zero-order valence-electron chi connectivity index (χ0n) is 12.7. The van der Waals surface area contributed by atoms with Gasteiger partial charge in [-0.25, -0.2) is 0 Å². The van der Waals surface area contributed by atoms with Crippen LogP contribution < -0.4 is 5.73 Å². The topological polar surface area (TPSA) is 59.2 Å². The fourth-order valence-corrected chi connectivity index (χ4v) is 2.17. The molecule has 0 aliphatic rings. The average molecular weight is 283 g/mol. The first-order valence-electron chi connectivity index (χ1n) is 7.06. The minimum atomic E-state index is 0.00688. The molecule has 2 rings (SSSR count). The first-order valence-corrected chi connectivity index (χ1v) is 7.06. The molecule has 0 saturated heterocycles. The molecule has 1 amide bonds. The second kappa shape index (κ2) is 6.39. The number of hydrogen-bond acceptors (Lipinski definition) is 3. The maximum atomic E-state index is 12.7. The number of aryl methyl sites for hydroxylation is 1. The second-order valence-corrected chi connectivity index (χ2v) is 5.40.